The average Bonchev–Trinajstić information content (AvgIpc) is 2.14. The maximum atomic E-state index is 9.62. The van der Waals surface area contributed by atoms with E-state index < -0.39 is 0 Å². The van der Waals surface area contributed by atoms with E-state index in [1.165, 1.54) is 6.07 Å². The topological polar surface area (TPSA) is 98.0 Å². The second-order valence-electron chi connectivity index (χ2n) is 3.11. The van der Waals surface area contributed by atoms with Crippen molar-refractivity contribution in [3.05, 3.63) is 18.0 Å². The van der Waals surface area contributed by atoms with Gasteiger partial charge in [0.2, 0.25) is 0 Å². The highest BCUT2D eigenvalue weighted by atomic mass is 16.3. The monoisotopic (exact) mass is 190 g/mol. The van der Waals surface area contributed by atoms with E-state index in [0.717, 1.165) is 0 Å². The van der Waals surface area contributed by atoms with Crippen LogP contribution in [-0.2, 0) is 0 Å². The Kier molecular flexibility index (Phi) is 1.67. The van der Waals surface area contributed by atoms with E-state index in [-0.39, 0.29) is 11.4 Å². The molecule has 0 saturated heterocycles. The first-order chi connectivity index (χ1) is 6.59. The van der Waals surface area contributed by atoms with Crippen LogP contribution in [0, 0.1) is 6.92 Å². The second-order valence-corrected chi connectivity index (χ2v) is 3.11. The van der Waals surface area contributed by atoms with Crippen molar-refractivity contribution in [2.45, 2.75) is 6.92 Å². The molecule has 2 rings (SSSR count). The molecule has 0 saturated carbocycles. The molecule has 0 radical (unpaired) electrons. The quantitative estimate of drug-likeness (QED) is 0.324. The molecule has 0 atom stereocenters. The van der Waals surface area contributed by atoms with Crippen LogP contribution in [0.3, 0.4) is 0 Å². The van der Waals surface area contributed by atoms with E-state index in [1.54, 1.807) is 13.1 Å². The lowest BCUT2D eigenvalue weighted by Gasteiger charge is -2.06. The molecule has 5 N–H and O–H groups in total. The zero-order valence-corrected chi connectivity index (χ0v) is 7.65. The molecule has 5 heteroatoms. The minimum absolute atomic E-state index is 0.0644. The van der Waals surface area contributed by atoms with E-state index in [4.69, 9.17) is 11.5 Å². The van der Waals surface area contributed by atoms with Gasteiger partial charge in [-0.25, -0.2) is 4.98 Å². The molecule has 0 aliphatic rings. The molecule has 0 aliphatic carbocycles. The molecule has 1 heterocycles. The number of nitrogen functional groups attached to an aromatic ring is 2. The van der Waals surface area contributed by atoms with Crippen molar-refractivity contribution < 1.29 is 5.11 Å². The molecule has 0 aliphatic heterocycles. The Balaban J connectivity index is 2.95. The fraction of sp³-hybridized carbons (Fsp3) is 0.111. The number of phenols is 1. The number of aromatic hydroxyl groups is 1. The number of fused-ring (bicyclic) bond motifs is 1. The van der Waals surface area contributed by atoms with Crippen molar-refractivity contribution in [3.8, 4) is 5.75 Å². The third-order valence-electron chi connectivity index (χ3n) is 1.98. The number of rotatable bonds is 0. The fourth-order valence-electron chi connectivity index (χ4n) is 1.29. The summed E-state index contributed by atoms with van der Waals surface area (Å²) in [5.41, 5.74) is 13.4. The summed E-state index contributed by atoms with van der Waals surface area (Å²) in [5.74, 6) is -0.0644. The standard InChI is InChI=1S/C9H10N4O/c1-4-3-12-7-5(10)2-6(11)9(14)8(7)13-4/h2-3,14H,10-11H2,1H3. The predicted molar refractivity (Wildman–Crippen MR) is 54.8 cm³/mol. The van der Waals surface area contributed by atoms with Crippen LogP contribution >= 0.6 is 0 Å². The summed E-state index contributed by atoms with van der Waals surface area (Å²) >= 11 is 0. The highest BCUT2D eigenvalue weighted by Gasteiger charge is 2.09. The Morgan fingerprint density at radius 1 is 1.21 bits per heavy atom. The van der Waals surface area contributed by atoms with E-state index in [1.807, 2.05) is 0 Å². The van der Waals surface area contributed by atoms with E-state index in [9.17, 15) is 5.11 Å². The summed E-state index contributed by atoms with van der Waals surface area (Å²) in [6.45, 7) is 1.78. The second kappa shape index (κ2) is 2.73. The first-order valence-corrected chi connectivity index (χ1v) is 4.10. The van der Waals surface area contributed by atoms with Crippen LogP contribution in [0.15, 0.2) is 12.3 Å². The molecule has 14 heavy (non-hydrogen) atoms. The molecule has 1 aromatic carbocycles. The third kappa shape index (κ3) is 1.10. The van der Waals surface area contributed by atoms with Gasteiger partial charge in [0, 0.05) is 6.20 Å². The number of nitrogens with two attached hydrogens (primary N) is 2. The summed E-state index contributed by atoms with van der Waals surface area (Å²) in [7, 11) is 0. The van der Waals surface area contributed by atoms with Crippen LogP contribution < -0.4 is 11.5 Å². The summed E-state index contributed by atoms with van der Waals surface area (Å²) in [6, 6.07) is 1.47. The summed E-state index contributed by atoms with van der Waals surface area (Å²) < 4.78 is 0. The Bertz CT molecular complexity index is 510. The van der Waals surface area contributed by atoms with Crippen molar-refractivity contribution in [3.63, 3.8) is 0 Å². The van der Waals surface area contributed by atoms with Crippen LogP contribution in [0.25, 0.3) is 11.0 Å². The number of aryl methyl sites for hydroxylation is 1. The largest absolute Gasteiger partial charge is 0.504 e. The lowest BCUT2D eigenvalue weighted by Crippen LogP contribution is -1.97. The van der Waals surface area contributed by atoms with Gasteiger partial charge in [0.1, 0.15) is 11.0 Å². The van der Waals surface area contributed by atoms with Gasteiger partial charge in [-0.1, -0.05) is 0 Å². The summed E-state index contributed by atoms with van der Waals surface area (Å²) in [5, 5.41) is 9.62. The zero-order chi connectivity index (χ0) is 10.3. The molecule has 5 nitrogen and oxygen atoms in total. The molecule has 0 fully saturated rings. The molecule has 0 unspecified atom stereocenters. The number of hydrogen-bond acceptors (Lipinski definition) is 5. The SMILES string of the molecule is Cc1cnc2c(N)cc(N)c(O)c2n1. The number of nitrogens with zero attached hydrogens (tertiary/aromatic N) is 2. The number of phenolic OH excluding ortho intramolecular Hbond substituents is 1. The molecule has 1 aromatic heterocycles. The van der Waals surface area contributed by atoms with Crippen LogP contribution in [0.2, 0.25) is 0 Å². The van der Waals surface area contributed by atoms with E-state index >= 15 is 0 Å². The van der Waals surface area contributed by atoms with Crippen LogP contribution in [0.5, 0.6) is 5.75 Å². The Morgan fingerprint density at radius 3 is 2.64 bits per heavy atom. The maximum Gasteiger partial charge on any atom is 0.166 e. The van der Waals surface area contributed by atoms with E-state index in [2.05, 4.69) is 9.97 Å². The Hall–Kier alpha value is -2.04. The van der Waals surface area contributed by atoms with Gasteiger partial charge in [-0.15, -0.1) is 0 Å². The predicted octanol–water partition coefficient (Wildman–Crippen LogP) is 0.808. The zero-order valence-electron chi connectivity index (χ0n) is 7.65. The third-order valence-corrected chi connectivity index (χ3v) is 1.98. The number of benzene rings is 1. The van der Waals surface area contributed by atoms with Gasteiger partial charge in [0.25, 0.3) is 0 Å². The molecular weight excluding hydrogens is 180 g/mol. The summed E-state index contributed by atoms with van der Waals surface area (Å²) in [6.07, 6.45) is 1.59. The normalized spacial score (nSPS) is 10.6. The molecule has 0 amide bonds. The fourth-order valence-corrected chi connectivity index (χ4v) is 1.29. The number of anilines is 2. The van der Waals surface area contributed by atoms with Crippen molar-refractivity contribution in [1.82, 2.24) is 9.97 Å². The molecular formula is C9H10N4O. The summed E-state index contributed by atoms with van der Waals surface area (Å²) in [4.78, 5) is 8.20. The minimum Gasteiger partial charge on any atom is -0.504 e. The van der Waals surface area contributed by atoms with Crippen LogP contribution in [0.4, 0.5) is 11.4 Å². The molecule has 0 bridgehead atoms. The first-order valence-electron chi connectivity index (χ1n) is 4.10. The lowest BCUT2D eigenvalue weighted by molar-refractivity contribution is 0.483. The molecule has 0 spiro atoms. The number of hydrogen-bond donors (Lipinski definition) is 3. The van der Waals surface area contributed by atoms with Gasteiger partial charge >= 0.3 is 0 Å². The highest BCUT2D eigenvalue weighted by Crippen LogP contribution is 2.32. The van der Waals surface area contributed by atoms with Crippen LogP contribution in [0.1, 0.15) is 5.69 Å². The van der Waals surface area contributed by atoms with Crippen molar-refractivity contribution in [1.29, 1.82) is 0 Å². The van der Waals surface area contributed by atoms with Crippen molar-refractivity contribution in [2.24, 2.45) is 0 Å². The van der Waals surface area contributed by atoms with Gasteiger partial charge < -0.3 is 16.6 Å². The smallest absolute Gasteiger partial charge is 0.166 e. The lowest BCUT2D eigenvalue weighted by atomic mass is 10.2. The van der Waals surface area contributed by atoms with Gasteiger partial charge in [-0.2, -0.15) is 0 Å². The minimum atomic E-state index is -0.0644. The maximum absolute atomic E-state index is 9.62. The first kappa shape index (κ1) is 8.55. The van der Waals surface area contributed by atoms with Gasteiger partial charge in [-0.3, -0.25) is 4.98 Å². The van der Waals surface area contributed by atoms with Crippen molar-refractivity contribution in [2.75, 3.05) is 11.5 Å². The Morgan fingerprint density at radius 2 is 1.93 bits per heavy atom. The average molecular weight is 190 g/mol. The van der Waals surface area contributed by atoms with Crippen molar-refractivity contribution >= 4 is 22.4 Å². The Labute approximate surface area is 80.4 Å². The van der Waals surface area contributed by atoms with Gasteiger partial charge in [-0.05, 0) is 13.0 Å². The van der Waals surface area contributed by atoms with Crippen LogP contribution in [-0.4, -0.2) is 15.1 Å². The van der Waals surface area contributed by atoms with E-state index in [0.29, 0.717) is 22.4 Å². The number of aromatic nitrogens is 2. The molecule has 72 valence electrons. The van der Waals surface area contributed by atoms with Gasteiger partial charge in [0.05, 0.1) is 17.1 Å². The highest BCUT2D eigenvalue weighted by molar-refractivity contribution is 5.95. The molecule has 2 aromatic rings. The van der Waals surface area contributed by atoms with Gasteiger partial charge in [0.15, 0.2) is 5.75 Å².